The van der Waals surface area contributed by atoms with Gasteiger partial charge in [0.15, 0.2) is 16.3 Å². The number of allylic oxidation sites excluding steroid dienone is 1. The Morgan fingerprint density at radius 3 is 2.43 bits per heavy atom. The lowest BCUT2D eigenvalue weighted by Gasteiger charge is -2.25. The van der Waals surface area contributed by atoms with E-state index in [9.17, 15) is 9.59 Å². The van der Waals surface area contributed by atoms with Gasteiger partial charge in [0.05, 0.1) is 41.7 Å². The zero-order valence-electron chi connectivity index (χ0n) is 25.2. The van der Waals surface area contributed by atoms with Crippen LogP contribution in [0.5, 0.6) is 11.5 Å². The molecule has 0 bridgehead atoms. The van der Waals surface area contributed by atoms with E-state index < -0.39 is 12.0 Å². The molecular weight excluding hydrogens is 550 g/mol. The lowest BCUT2D eigenvalue weighted by Crippen LogP contribution is -2.40. The molecule has 1 atom stereocenters. The van der Waals surface area contributed by atoms with Crippen LogP contribution in [0.15, 0.2) is 63.5 Å². The number of ether oxygens (including phenoxy) is 3. The summed E-state index contributed by atoms with van der Waals surface area (Å²) in [6, 6.07) is 13.3. The first-order valence-electron chi connectivity index (χ1n) is 14.4. The highest BCUT2D eigenvalue weighted by Gasteiger charge is 2.34. The fourth-order valence-corrected chi connectivity index (χ4v) is 6.77. The molecule has 1 unspecified atom stereocenters. The number of aromatic nitrogens is 2. The molecule has 4 aromatic rings. The highest BCUT2D eigenvalue weighted by molar-refractivity contribution is 7.07. The van der Waals surface area contributed by atoms with E-state index in [0.717, 1.165) is 22.2 Å². The maximum atomic E-state index is 14.2. The second-order valence-electron chi connectivity index (χ2n) is 10.4. The van der Waals surface area contributed by atoms with Crippen molar-refractivity contribution < 1.29 is 19.0 Å². The molecule has 3 heterocycles. The van der Waals surface area contributed by atoms with E-state index in [2.05, 4.69) is 37.5 Å². The van der Waals surface area contributed by atoms with Crippen LogP contribution < -0.4 is 24.4 Å². The molecule has 0 radical (unpaired) electrons. The molecular formula is C33H37N3O5S. The molecule has 2 aromatic heterocycles. The van der Waals surface area contributed by atoms with Crippen LogP contribution in [-0.4, -0.2) is 34.9 Å². The smallest absolute Gasteiger partial charge is 0.338 e. The lowest BCUT2D eigenvalue weighted by molar-refractivity contribution is -0.139. The van der Waals surface area contributed by atoms with Crippen molar-refractivity contribution >= 4 is 34.3 Å². The highest BCUT2D eigenvalue weighted by atomic mass is 32.1. The summed E-state index contributed by atoms with van der Waals surface area (Å²) >= 11 is 1.32. The van der Waals surface area contributed by atoms with Gasteiger partial charge in [-0.1, -0.05) is 35.6 Å². The van der Waals surface area contributed by atoms with Crippen molar-refractivity contribution in [2.45, 2.75) is 60.5 Å². The Morgan fingerprint density at radius 2 is 1.74 bits per heavy atom. The minimum Gasteiger partial charge on any atom is -0.490 e. The Hall–Kier alpha value is -4.11. The van der Waals surface area contributed by atoms with E-state index in [4.69, 9.17) is 19.2 Å². The molecule has 5 rings (SSSR count). The minimum atomic E-state index is -0.740. The monoisotopic (exact) mass is 587 g/mol. The molecule has 1 aliphatic heterocycles. The molecule has 9 heteroatoms. The molecule has 0 saturated carbocycles. The predicted molar refractivity (Wildman–Crippen MR) is 166 cm³/mol. The van der Waals surface area contributed by atoms with Crippen LogP contribution in [0.4, 0.5) is 0 Å². The third kappa shape index (κ3) is 5.06. The third-order valence-corrected chi connectivity index (χ3v) is 8.38. The molecule has 0 amide bonds. The van der Waals surface area contributed by atoms with Crippen molar-refractivity contribution in [2.75, 3.05) is 19.8 Å². The number of hydrogen-bond donors (Lipinski definition) is 0. The molecule has 8 nitrogen and oxygen atoms in total. The van der Waals surface area contributed by atoms with Crippen molar-refractivity contribution in [2.24, 2.45) is 4.99 Å². The van der Waals surface area contributed by atoms with Crippen molar-refractivity contribution in [3.63, 3.8) is 0 Å². The largest absolute Gasteiger partial charge is 0.490 e. The van der Waals surface area contributed by atoms with Gasteiger partial charge in [0, 0.05) is 28.2 Å². The fourth-order valence-electron chi connectivity index (χ4n) is 5.74. The average Bonchev–Trinajstić information content (AvgIpc) is 3.42. The maximum absolute atomic E-state index is 14.2. The van der Waals surface area contributed by atoms with E-state index in [-0.39, 0.29) is 18.2 Å². The van der Waals surface area contributed by atoms with Crippen LogP contribution in [0, 0.1) is 6.92 Å². The molecule has 2 aromatic carbocycles. The number of esters is 1. The molecule has 0 N–H and O–H groups in total. The van der Waals surface area contributed by atoms with Gasteiger partial charge in [0.25, 0.3) is 5.56 Å². The number of fused-ring (bicyclic) bond motifs is 2. The Balaban J connectivity index is 1.77. The van der Waals surface area contributed by atoms with Crippen LogP contribution >= 0.6 is 11.3 Å². The van der Waals surface area contributed by atoms with Gasteiger partial charge in [-0.25, -0.2) is 9.79 Å². The zero-order valence-corrected chi connectivity index (χ0v) is 26.0. The van der Waals surface area contributed by atoms with Gasteiger partial charge in [-0.15, -0.1) is 0 Å². The molecule has 0 aliphatic carbocycles. The first kappa shape index (κ1) is 29.4. The van der Waals surface area contributed by atoms with Gasteiger partial charge in [-0.05, 0) is 78.3 Å². The number of hydrogen-bond acceptors (Lipinski definition) is 7. The average molecular weight is 588 g/mol. The second kappa shape index (κ2) is 12.0. The number of rotatable bonds is 9. The van der Waals surface area contributed by atoms with Crippen LogP contribution in [0.25, 0.3) is 17.0 Å². The summed E-state index contributed by atoms with van der Waals surface area (Å²) in [7, 11) is 0. The number of thiazole rings is 1. The molecule has 0 spiro atoms. The Labute approximate surface area is 249 Å². The minimum absolute atomic E-state index is 0.208. The van der Waals surface area contributed by atoms with E-state index in [1.165, 1.54) is 11.3 Å². The summed E-state index contributed by atoms with van der Waals surface area (Å²) in [5.74, 6) is 0.653. The highest BCUT2D eigenvalue weighted by Crippen LogP contribution is 2.36. The van der Waals surface area contributed by atoms with Crippen LogP contribution in [0.3, 0.4) is 0 Å². The Morgan fingerprint density at radius 1 is 1.02 bits per heavy atom. The summed E-state index contributed by atoms with van der Waals surface area (Å²) in [6.45, 7) is 14.9. The van der Waals surface area contributed by atoms with Gasteiger partial charge in [-0.2, -0.15) is 0 Å². The van der Waals surface area contributed by atoms with Gasteiger partial charge < -0.3 is 18.8 Å². The van der Waals surface area contributed by atoms with Crippen molar-refractivity contribution in [3.8, 4) is 11.5 Å². The third-order valence-electron chi connectivity index (χ3n) is 7.40. The summed E-state index contributed by atoms with van der Waals surface area (Å²) in [4.78, 5) is 32.8. The first-order valence-corrected chi connectivity index (χ1v) is 15.2. The van der Waals surface area contributed by atoms with Crippen LogP contribution in [0.2, 0.25) is 0 Å². The first-order chi connectivity index (χ1) is 20.2. The van der Waals surface area contributed by atoms with Crippen molar-refractivity contribution in [1.29, 1.82) is 0 Å². The maximum Gasteiger partial charge on any atom is 0.338 e. The van der Waals surface area contributed by atoms with Crippen molar-refractivity contribution in [3.05, 3.63) is 90.2 Å². The quantitative estimate of drug-likeness (QED) is 0.244. The molecule has 42 heavy (non-hydrogen) atoms. The SMILES string of the molecule is CCOC(=O)C1=C(C)N=c2sc(=Cc3c(C)n(C(C)C)c4ccccc34)c(=O)n2C1c1ccc(OCC)c(OCC)c1. The Bertz CT molecular complexity index is 1880. The molecule has 1 aliphatic rings. The normalized spacial score (nSPS) is 15.2. The number of carbonyl (C=O) groups excluding carboxylic acids is 1. The van der Waals surface area contributed by atoms with Gasteiger partial charge in [-0.3, -0.25) is 9.36 Å². The standard InChI is InChI=1S/C33H37N3O5S/c1-8-39-26-16-15-22(17-27(26)40-9-2)30-29(32(38)41-10-3)20(6)34-33-36(30)31(37)28(42-33)18-24-21(7)35(19(4)5)25-14-12-11-13-23(24)25/h11-19,30H,8-10H2,1-7H3. The topological polar surface area (TPSA) is 84.1 Å². The number of para-hydroxylation sites is 1. The molecule has 220 valence electrons. The summed E-state index contributed by atoms with van der Waals surface area (Å²) < 4.78 is 21.6. The molecule has 0 fully saturated rings. The van der Waals surface area contributed by atoms with E-state index in [1.54, 1.807) is 18.4 Å². The fraction of sp³-hybridized carbons (Fsp3) is 0.364. The number of benzene rings is 2. The van der Waals surface area contributed by atoms with Gasteiger partial charge >= 0.3 is 5.97 Å². The summed E-state index contributed by atoms with van der Waals surface area (Å²) in [5.41, 5.74) is 4.55. The van der Waals surface area contributed by atoms with Crippen molar-refractivity contribution in [1.82, 2.24) is 9.13 Å². The number of carbonyl (C=O) groups is 1. The predicted octanol–water partition coefficient (Wildman–Crippen LogP) is 5.44. The van der Waals surface area contributed by atoms with E-state index in [0.29, 0.717) is 50.9 Å². The Kier molecular flexibility index (Phi) is 8.41. The second-order valence-corrected chi connectivity index (χ2v) is 11.4. The zero-order chi connectivity index (χ0) is 30.1. The molecule has 0 saturated heterocycles. The summed E-state index contributed by atoms with van der Waals surface area (Å²) in [6.07, 6.45) is 1.96. The van der Waals surface area contributed by atoms with Crippen LogP contribution in [0.1, 0.15) is 70.4 Å². The van der Waals surface area contributed by atoms with E-state index in [1.807, 2.05) is 50.3 Å². The van der Waals surface area contributed by atoms with Crippen LogP contribution in [-0.2, 0) is 9.53 Å². The van der Waals surface area contributed by atoms with E-state index >= 15 is 0 Å². The summed E-state index contributed by atoms with van der Waals surface area (Å²) in [5, 5.41) is 1.09. The lowest BCUT2D eigenvalue weighted by atomic mass is 9.95. The van der Waals surface area contributed by atoms with Gasteiger partial charge in [0.2, 0.25) is 0 Å². The number of nitrogens with zero attached hydrogens (tertiary/aromatic N) is 3. The van der Waals surface area contributed by atoms with Gasteiger partial charge in [0.1, 0.15) is 0 Å².